The van der Waals surface area contributed by atoms with Crippen molar-refractivity contribution in [2.45, 2.75) is 64.7 Å². The Morgan fingerprint density at radius 2 is 1.50 bits per heavy atom. The van der Waals surface area contributed by atoms with Gasteiger partial charge in [-0.3, -0.25) is 0 Å². The van der Waals surface area contributed by atoms with Crippen molar-refractivity contribution in [1.82, 2.24) is 0 Å². The Morgan fingerprint density at radius 3 is 2.00 bits per heavy atom. The van der Waals surface area contributed by atoms with Gasteiger partial charge in [-0.15, -0.1) is 0 Å². The van der Waals surface area contributed by atoms with Crippen LogP contribution in [-0.2, 0) is 0 Å². The van der Waals surface area contributed by atoms with Crippen LogP contribution in [0.15, 0.2) is 12.0 Å². The van der Waals surface area contributed by atoms with Crippen LogP contribution in [0.4, 0.5) is 0 Å². The van der Waals surface area contributed by atoms with Gasteiger partial charge in [0.15, 0.2) is 0 Å². The molecule has 0 amide bonds. The number of aliphatic hydroxyl groups excluding tert-OH is 1. The van der Waals surface area contributed by atoms with Crippen LogP contribution in [0.5, 0.6) is 0 Å². The van der Waals surface area contributed by atoms with Gasteiger partial charge in [-0.2, -0.15) is 0 Å². The van der Waals surface area contributed by atoms with E-state index in [9.17, 15) is 0 Å². The molecule has 0 saturated carbocycles. The number of hydrogen-bond donors (Lipinski definition) is 2. The van der Waals surface area contributed by atoms with E-state index in [0.29, 0.717) is 5.76 Å². The van der Waals surface area contributed by atoms with E-state index in [1.54, 1.807) is 0 Å². The molecule has 2 nitrogen and oxygen atoms in total. The minimum Gasteiger partial charge on any atom is -0.511 e. The van der Waals surface area contributed by atoms with Crippen molar-refractivity contribution >= 4 is 0 Å². The molecule has 0 spiro atoms. The van der Waals surface area contributed by atoms with Crippen molar-refractivity contribution in [2.75, 3.05) is 0 Å². The summed E-state index contributed by atoms with van der Waals surface area (Å²) in [5.41, 5.74) is 5.16. The molecule has 0 aliphatic rings. The Kier molecular flexibility index (Phi) is 9.93. The number of unbranched alkanes of at least 4 members (excludes halogenated alkanes) is 7. The van der Waals surface area contributed by atoms with Crippen molar-refractivity contribution in [3.05, 3.63) is 12.0 Å². The van der Waals surface area contributed by atoms with E-state index in [1.165, 1.54) is 51.1 Å². The molecule has 0 aliphatic heterocycles. The van der Waals surface area contributed by atoms with Crippen molar-refractivity contribution in [1.29, 1.82) is 0 Å². The van der Waals surface area contributed by atoms with Crippen LogP contribution in [0, 0.1) is 0 Å². The average Bonchev–Trinajstić information content (AvgIpc) is 2.21. The Labute approximate surface area is 88.2 Å². The lowest BCUT2D eigenvalue weighted by molar-refractivity contribution is 0.378. The maximum absolute atomic E-state index is 9.07. The van der Waals surface area contributed by atoms with E-state index in [4.69, 9.17) is 10.8 Å². The van der Waals surface area contributed by atoms with Crippen LogP contribution in [0.3, 0.4) is 0 Å². The van der Waals surface area contributed by atoms with Crippen LogP contribution in [-0.4, -0.2) is 5.11 Å². The van der Waals surface area contributed by atoms with Crippen LogP contribution in [0.2, 0.25) is 0 Å². The van der Waals surface area contributed by atoms with Gasteiger partial charge in [0.1, 0.15) is 5.76 Å². The summed E-state index contributed by atoms with van der Waals surface area (Å²) < 4.78 is 0. The van der Waals surface area contributed by atoms with E-state index in [0.717, 1.165) is 12.8 Å². The summed E-state index contributed by atoms with van der Waals surface area (Å²) in [5.74, 6) is 0.330. The van der Waals surface area contributed by atoms with Crippen molar-refractivity contribution < 1.29 is 5.11 Å². The Balaban J connectivity index is 2.99. The van der Waals surface area contributed by atoms with E-state index in [2.05, 4.69) is 6.92 Å². The van der Waals surface area contributed by atoms with Gasteiger partial charge in [-0.1, -0.05) is 51.9 Å². The molecule has 14 heavy (non-hydrogen) atoms. The molecule has 0 aromatic rings. The quantitative estimate of drug-likeness (QED) is 0.437. The molecule has 0 fully saturated rings. The highest BCUT2D eigenvalue weighted by Gasteiger charge is 1.93. The highest BCUT2D eigenvalue weighted by atomic mass is 16.3. The monoisotopic (exact) mass is 199 g/mol. The Bertz CT molecular complexity index is 143. The number of hydrogen-bond acceptors (Lipinski definition) is 2. The van der Waals surface area contributed by atoms with Crippen LogP contribution in [0.25, 0.3) is 0 Å². The maximum atomic E-state index is 9.07. The molecule has 0 unspecified atom stereocenters. The highest BCUT2D eigenvalue weighted by molar-refractivity contribution is 4.85. The van der Waals surface area contributed by atoms with Gasteiger partial charge in [0.05, 0.1) is 0 Å². The summed E-state index contributed by atoms with van der Waals surface area (Å²) in [5, 5.41) is 9.07. The first-order valence-electron chi connectivity index (χ1n) is 5.91. The molecule has 0 radical (unpaired) electrons. The predicted molar refractivity (Wildman–Crippen MR) is 62.1 cm³/mol. The van der Waals surface area contributed by atoms with Gasteiger partial charge in [-0.25, -0.2) is 0 Å². The van der Waals surface area contributed by atoms with Gasteiger partial charge >= 0.3 is 0 Å². The number of rotatable bonds is 9. The smallest absolute Gasteiger partial charge is 0.108 e. The fourth-order valence-corrected chi connectivity index (χ4v) is 1.52. The van der Waals surface area contributed by atoms with Gasteiger partial charge in [-0.05, 0) is 6.42 Å². The van der Waals surface area contributed by atoms with Crippen molar-refractivity contribution in [2.24, 2.45) is 5.73 Å². The lowest BCUT2D eigenvalue weighted by Gasteiger charge is -2.01. The zero-order valence-corrected chi connectivity index (χ0v) is 9.47. The number of nitrogens with two attached hydrogens (primary N) is 1. The third-order valence-corrected chi connectivity index (χ3v) is 2.48. The topological polar surface area (TPSA) is 46.2 Å². The molecule has 84 valence electrons. The summed E-state index contributed by atoms with van der Waals surface area (Å²) >= 11 is 0. The lowest BCUT2D eigenvalue weighted by atomic mass is 10.1. The van der Waals surface area contributed by atoms with Gasteiger partial charge in [0, 0.05) is 12.6 Å². The summed E-state index contributed by atoms with van der Waals surface area (Å²) in [6, 6.07) is 0. The minimum absolute atomic E-state index is 0.330. The summed E-state index contributed by atoms with van der Waals surface area (Å²) in [4.78, 5) is 0. The zero-order chi connectivity index (χ0) is 10.6. The second-order valence-electron chi connectivity index (χ2n) is 3.88. The fourth-order valence-electron chi connectivity index (χ4n) is 1.52. The molecule has 2 heteroatoms. The van der Waals surface area contributed by atoms with Crippen molar-refractivity contribution in [3.8, 4) is 0 Å². The van der Waals surface area contributed by atoms with Gasteiger partial charge < -0.3 is 10.8 Å². The highest BCUT2D eigenvalue weighted by Crippen LogP contribution is 2.11. The van der Waals surface area contributed by atoms with Crippen molar-refractivity contribution in [3.63, 3.8) is 0 Å². The Morgan fingerprint density at radius 1 is 1.00 bits per heavy atom. The minimum atomic E-state index is 0.330. The largest absolute Gasteiger partial charge is 0.511 e. The first-order chi connectivity index (χ1) is 6.81. The summed E-state index contributed by atoms with van der Waals surface area (Å²) in [7, 11) is 0. The molecule has 3 N–H and O–H groups in total. The van der Waals surface area contributed by atoms with Gasteiger partial charge in [0.2, 0.25) is 0 Å². The molecular formula is C12H25NO. The molecule has 0 rings (SSSR count). The molecule has 0 bridgehead atoms. The molecule has 0 aromatic carbocycles. The van der Waals surface area contributed by atoms with E-state index < -0.39 is 0 Å². The van der Waals surface area contributed by atoms with Crippen LogP contribution in [0.1, 0.15) is 64.7 Å². The third kappa shape index (κ3) is 9.43. The second kappa shape index (κ2) is 10.4. The predicted octanol–water partition coefficient (Wildman–Crippen LogP) is 3.88. The van der Waals surface area contributed by atoms with Crippen LogP contribution >= 0.6 is 0 Å². The Hall–Kier alpha value is -0.660. The molecule has 0 aliphatic carbocycles. The SMILES string of the molecule is CCCCCCCCCCC(O)=CN. The summed E-state index contributed by atoms with van der Waals surface area (Å²) in [6.45, 7) is 2.24. The number of aliphatic hydroxyl groups is 1. The molecule has 0 aromatic heterocycles. The molecule has 0 heterocycles. The second-order valence-corrected chi connectivity index (χ2v) is 3.88. The molecule has 0 atom stereocenters. The summed E-state index contributed by atoms with van der Waals surface area (Å²) in [6.07, 6.45) is 12.4. The van der Waals surface area contributed by atoms with E-state index >= 15 is 0 Å². The molecule has 0 saturated heterocycles. The zero-order valence-electron chi connectivity index (χ0n) is 9.47. The first-order valence-corrected chi connectivity index (χ1v) is 5.91. The van der Waals surface area contributed by atoms with E-state index in [1.807, 2.05) is 0 Å². The normalized spacial score (nSPS) is 11.9. The first kappa shape index (κ1) is 13.3. The van der Waals surface area contributed by atoms with Gasteiger partial charge in [0.25, 0.3) is 0 Å². The lowest BCUT2D eigenvalue weighted by Crippen LogP contribution is -1.88. The standard InChI is InChI=1S/C12H25NO/c1-2-3-4-5-6-7-8-9-10-12(14)11-13/h11,14H,2-10,13H2,1H3. The maximum Gasteiger partial charge on any atom is 0.108 e. The van der Waals surface area contributed by atoms with Crippen LogP contribution < -0.4 is 5.73 Å². The van der Waals surface area contributed by atoms with E-state index in [-0.39, 0.29) is 0 Å². The average molecular weight is 199 g/mol. The number of allylic oxidation sites excluding steroid dienone is 1. The fraction of sp³-hybridized carbons (Fsp3) is 0.833. The third-order valence-electron chi connectivity index (χ3n) is 2.48. The molecular weight excluding hydrogens is 174 g/mol.